The number of thiophene rings is 2. The summed E-state index contributed by atoms with van der Waals surface area (Å²) in [6.07, 6.45) is 2.22. The molecule has 1 unspecified atom stereocenters. The van der Waals surface area contributed by atoms with Gasteiger partial charge in [-0.3, -0.25) is 0 Å². The number of nitrogens with one attached hydrogen (secondary N) is 1. The van der Waals surface area contributed by atoms with Crippen LogP contribution in [0, 0.1) is 0 Å². The third-order valence-corrected chi connectivity index (χ3v) is 5.83. The monoisotopic (exact) mass is 407 g/mol. The molecule has 0 saturated heterocycles. The molecular weight excluding hydrogens is 394 g/mol. The van der Waals surface area contributed by atoms with E-state index >= 15 is 0 Å². The van der Waals surface area contributed by atoms with Crippen LogP contribution < -0.4 is 5.32 Å². The maximum absolute atomic E-state index is 3.63. The molecule has 0 bridgehead atoms. The molecular formula is C13H15Br2NS2. The largest absolute Gasteiger partial charge is 0.310 e. The van der Waals surface area contributed by atoms with Crippen LogP contribution in [0.3, 0.4) is 0 Å². The van der Waals surface area contributed by atoms with Crippen LogP contribution in [0.15, 0.2) is 31.2 Å². The maximum Gasteiger partial charge on any atom is 0.0701 e. The van der Waals surface area contributed by atoms with Crippen LogP contribution in [0.4, 0.5) is 0 Å². The van der Waals surface area contributed by atoms with E-state index in [1.807, 2.05) is 11.3 Å². The van der Waals surface area contributed by atoms with Crippen LogP contribution in [-0.4, -0.2) is 6.54 Å². The molecule has 18 heavy (non-hydrogen) atoms. The van der Waals surface area contributed by atoms with Crippen molar-refractivity contribution in [2.45, 2.75) is 25.8 Å². The Kier molecular flexibility index (Phi) is 5.89. The van der Waals surface area contributed by atoms with Crippen molar-refractivity contribution >= 4 is 54.5 Å². The van der Waals surface area contributed by atoms with Crippen molar-refractivity contribution in [2.75, 3.05) is 6.54 Å². The molecule has 0 fully saturated rings. The molecule has 0 aliphatic rings. The van der Waals surface area contributed by atoms with Gasteiger partial charge in [-0.1, -0.05) is 6.92 Å². The second-order valence-corrected chi connectivity index (χ2v) is 8.94. The van der Waals surface area contributed by atoms with Gasteiger partial charge in [-0.25, -0.2) is 0 Å². The van der Waals surface area contributed by atoms with Gasteiger partial charge in [0.15, 0.2) is 0 Å². The molecule has 1 N–H and O–H groups in total. The van der Waals surface area contributed by atoms with Gasteiger partial charge in [0.25, 0.3) is 0 Å². The molecule has 98 valence electrons. The first-order chi connectivity index (χ1) is 8.69. The van der Waals surface area contributed by atoms with Crippen molar-refractivity contribution in [2.24, 2.45) is 0 Å². The van der Waals surface area contributed by atoms with Crippen LogP contribution in [0.5, 0.6) is 0 Å². The van der Waals surface area contributed by atoms with Gasteiger partial charge in [-0.2, -0.15) is 0 Å². The van der Waals surface area contributed by atoms with Crippen molar-refractivity contribution in [1.82, 2.24) is 5.32 Å². The Morgan fingerprint density at radius 3 is 2.67 bits per heavy atom. The van der Waals surface area contributed by atoms with Crippen molar-refractivity contribution in [3.8, 4) is 0 Å². The lowest BCUT2D eigenvalue weighted by Crippen LogP contribution is -2.23. The number of hydrogen-bond acceptors (Lipinski definition) is 3. The fourth-order valence-corrected chi connectivity index (χ4v) is 4.55. The van der Waals surface area contributed by atoms with Gasteiger partial charge < -0.3 is 5.32 Å². The minimum absolute atomic E-state index is 0.415. The summed E-state index contributed by atoms with van der Waals surface area (Å²) in [7, 11) is 0. The van der Waals surface area contributed by atoms with E-state index in [1.165, 1.54) is 18.0 Å². The van der Waals surface area contributed by atoms with E-state index in [9.17, 15) is 0 Å². The number of halogens is 2. The summed E-state index contributed by atoms with van der Waals surface area (Å²) in [5.74, 6) is 0. The van der Waals surface area contributed by atoms with E-state index < -0.39 is 0 Å². The van der Waals surface area contributed by atoms with E-state index in [2.05, 4.69) is 67.7 Å². The van der Waals surface area contributed by atoms with Crippen molar-refractivity contribution in [3.05, 3.63) is 41.6 Å². The standard InChI is InChI=1S/C13H15Br2NS2/c1-2-5-16-11(9-6-13(15)17-8-9)7-10-3-4-12(14)18-10/h3-4,6,8,11,16H,2,5,7H2,1H3. The van der Waals surface area contributed by atoms with Crippen molar-refractivity contribution in [3.63, 3.8) is 0 Å². The molecule has 2 aromatic heterocycles. The van der Waals surface area contributed by atoms with Gasteiger partial charge in [0.05, 0.1) is 7.57 Å². The Morgan fingerprint density at radius 2 is 2.11 bits per heavy atom. The van der Waals surface area contributed by atoms with Gasteiger partial charge in [-0.15, -0.1) is 22.7 Å². The van der Waals surface area contributed by atoms with E-state index in [1.54, 1.807) is 11.3 Å². The highest BCUT2D eigenvalue weighted by Gasteiger charge is 2.14. The lowest BCUT2D eigenvalue weighted by Gasteiger charge is -2.16. The normalized spacial score (nSPS) is 12.8. The fraction of sp³-hybridized carbons (Fsp3) is 0.385. The summed E-state index contributed by atoms with van der Waals surface area (Å²) in [6.45, 7) is 3.26. The lowest BCUT2D eigenvalue weighted by atomic mass is 10.1. The zero-order chi connectivity index (χ0) is 13.0. The molecule has 0 aliphatic heterocycles. The molecule has 0 aliphatic carbocycles. The molecule has 2 rings (SSSR count). The molecule has 0 amide bonds. The molecule has 0 aromatic carbocycles. The molecule has 2 aromatic rings. The molecule has 0 spiro atoms. The molecule has 2 heterocycles. The van der Waals surface area contributed by atoms with Crippen molar-refractivity contribution < 1.29 is 0 Å². The first kappa shape index (κ1) is 14.7. The van der Waals surface area contributed by atoms with Gasteiger partial charge in [-0.05, 0) is 74.0 Å². The first-order valence-electron chi connectivity index (χ1n) is 5.90. The summed E-state index contributed by atoms with van der Waals surface area (Å²) in [6, 6.07) is 6.97. The van der Waals surface area contributed by atoms with Crippen LogP contribution in [0.25, 0.3) is 0 Å². The predicted molar refractivity (Wildman–Crippen MR) is 88.8 cm³/mol. The third-order valence-electron chi connectivity index (χ3n) is 2.67. The van der Waals surface area contributed by atoms with Crippen LogP contribution in [0.1, 0.15) is 29.8 Å². The van der Waals surface area contributed by atoms with E-state index in [0.29, 0.717) is 6.04 Å². The van der Waals surface area contributed by atoms with Crippen LogP contribution >= 0.6 is 54.5 Å². The molecule has 5 heteroatoms. The fourth-order valence-electron chi connectivity index (χ4n) is 1.80. The second kappa shape index (κ2) is 7.20. The average Bonchev–Trinajstić information content (AvgIpc) is 2.93. The molecule has 1 nitrogen and oxygen atoms in total. The van der Waals surface area contributed by atoms with Gasteiger partial charge in [0.1, 0.15) is 0 Å². The number of hydrogen-bond donors (Lipinski definition) is 1. The van der Waals surface area contributed by atoms with Crippen molar-refractivity contribution in [1.29, 1.82) is 0 Å². The SMILES string of the molecule is CCCNC(Cc1ccc(Br)s1)c1csc(Br)c1. The Labute approximate surface area is 133 Å². The highest BCUT2D eigenvalue weighted by Crippen LogP contribution is 2.30. The van der Waals surface area contributed by atoms with Crippen LogP contribution in [0.2, 0.25) is 0 Å². The Hall–Kier alpha value is 0.320. The summed E-state index contributed by atoms with van der Waals surface area (Å²) in [5.41, 5.74) is 1.38. The zero-order valence-corrected chi connectivity index (χ0v) is 14.9. The highest BCUT2D eigenvalue weighted by molar-refractivity contribution is 9.11. The third kappa shape index (κ3) is 4.17. The van der Waals surface area contributed by atoms with E-state index in [-0.39, 0.29) is 0 Å². The average molecular weight is 409 g/mol. The number of rotatable bonds is 6. The molecule has 1 atom stereocenters. The van der Waals surface area contributed by atoms with Gasteiger partial charge in [0.2, 0.25) is 0 Å². The van der Waals surface area contributed by atoms with Gasteiger partial charge >= 0.3 is 0 Å². The quantitative estimate of drug-likeness (QED) is 0.654. The second-order valence-electron chi connectivity index (χ2n) is 4.10. The Balaban J connectivity index is 2.09. The maximum atomic E-state index is 3.63. The lowest BCUT2D eigenvalue weighted by molar-refractivity contribution is 0.533. The Bertz CT molecular complexity index is 493. The van der Waals surface area contributed by atoms with E-state index in [4.69, 9.17) is 0 Å². The highest BCUT2D eigenvalue weighted by atomic mass is 79.9. The Morgan fingerprint density at radius 1 is 1.28 bits per heavy atom. The molecule has 0 saturated carbocycles. The van der Waals surface area contributed by atoms with E-state index in [0.717, 1.165) is 19.4 Å². The van der Waals surface area contributed by atoms with Crippen LogP contribution in [-0.2, 0) is 6.42 Å². The minimum Gasteiger partial charge on any atom is -0.310 e. The first-order valence-corrected chi connectivity index (χ1v) is 9.18. The zero-order valence-electron chi connectivity index (χ0n) is 10.1. The smallest absolute Gasteiger partial charge is 0.0701 e. The summed E-state index contributed by atoms with van der Waals surface area (Å²) in [5, 5.41) is 5.87. The minimum atomic E-state index is 0.415. The van der Waals surface area contributed by atoms with Gasteiger partial charge in [0, 0.05) is 17.3 Å². The topological polar surface area (TPSA) is 12.0 Å². The molecule has 0 radical (unpaired) electrons. The summed E-state index contributed by atoms with van der Waals surface area (Å²) < 4.78 is 2.41. The summed E-state index contributed by atoms with van der Waals surface area (Å²) in [4.78, 5) is 1.41. The summed E-state index contributed by atoms with van der Waals surface area (Å²) >= 11 is 10.6. The predicted octanol–water partition coefficient (Wildman–Crippen LogP) is 5.62.